The summed E-state index contributed by atoms with van der Waals surface area (Å²) in [5.74, 6) is -1.45. The summed E-state index contributed by atoms with van der Waals surface area (Å²) in [5.41, 5.74) is 0.639. The van der Waals surface area contributed by atoms with E-state index >= 15 is 0 Å². The maximum Gasteiger partial charge on any atom is 0.346 e. The summed E-state index contributed by atoms with van der Waals surface area (Å²) in [6, 6.07) is 4.36. The molecule has 0 amide bonds. The van der Waals surface area contributed by atoms with E-state index in [0.717, 1.165) is 19.3 Å². The molecule has 0 aliphatic carbocycles. The lowest BCUT2D eigenvalue weighted by atomic mass is 10.1. The van der Waals surface area contributed by atoms with Gasteiger partial charge in [-0.2, -0.15) is 4.31 Å². The summed E-state index contributed by atoms with van der Waals surface area (Å²) in [5, 5.41) is 0. The smallest absolute Gasteiger partial charge is 0.346 e. The number of aryl methyl sites for hydroxylation is 1. The second-order valence-electron chi connectivity index (χ2n) is 6.02. The number of carbonyl (C=O) groups is 2. The molecule has 0 N–H and O–H groups in total. The van der Waals surface area contributed by atoms with Crippen LogP contribution in [-0.4, -0.2) is 51.0 Å². The lowest BCUT2D eigenvalue weighted by molar-refractivity contribution is -0.149. The lowest BCUT2D eigenvalue weighted by Gasteiger charge is -2.26. The summed E-state index contributed by atoms with van der Waals surface area (Å²) in [6.07, 6.45) is 1.61. The quantitative estimate of drug-likeness (QED) is 0.736. The Morgan fingerprint density at radius 2 is 1.80 bits per heavy atom. The van der Waals surface area contributed by atoms with E-state index in [1.165, 1.54) is 30.5 Å². The average molecular weight is 369 g/mol. The van der Waals surface area contributed by atoms with Crippen molar-refractivity contribution in [2.24, 2.45) is 0 Å². The van der Waals surface area contributed by atoms with Gasteiger partial charge in [-0.15, -0.1) is 0 Å². The van der Waals surface area contributed by atoms with Gasteiger partial charge in [0.1, 0.15) is 0 Å². The first kappa shape index (κ1) is 19.4. The molecule has 1 heterocycles. The fourth-order valence-electron chi connectivity index (χ4n) is 2.69. The largest absolute Gasteiger partial charge is 0.466 e. The predicted molar refractivity (Wildman–Crippen MR) is 90.7 cm³/mol. The van der Waals surface area contributed by atoms with Crippen molar-refractivity contribution in [1.82, 2.24) is 4.31 Å². The number of rotatable bonds is 5. The third-order valence-corrected chi connectivity index (χ3v) is 6.21. The molecule has 1 fully saturated rings. The minimum absolute atomic E-state index is 0.0805. The van der Waals surface area contributed by atoms with Crippen LogP contribution in [0.3, 0.4) is 0 Å². The second kappa shape index (κ2) is 7.97. The topological polar surface area (TPSA) is 90.0 Å². The third kappa shape index (κ3) is 4.38. The van der Waals surface area contributed by atoms with Gasteiger partial charge in [0.2, 0.25) is 10.0 Å². The Balaban J connectivity index is 2.28. The van der Waals surface area contributed by atoms with E-state index < -0.39 is 28.1 Å². The standard InChI is InChI=1S/C17H23NO6S/c1-12-7-8-14(17(20)24-13(2)16(19)23-3)11-15(12)25(21,22)18-9-5-4-6-10-18/h7-8,11,13H,4-6,9-10H2,1-3H3/t13-/m0/s1. The fourth-order valence-corrected chi connectivity index (χ4v) is 4.46. The Morgan fingerprint density at radius 3 is 2.40 bits per heavy atom. The zero-order valence-corrected chi connectivity index (χ0v) is 15.5. The van der Waals surface area contributed by atoms with E-state index in [1.54, 1.807) is 13.0 Å². The highest BCUT2D eigenvalue weighted by molar-refractivity contribution is 7.89. The fraction of sp³-hybridized carbons (Fsp3) is 0.529. The number of esters is 2. The summed E-state index contributed by atoms with van der Waals surface area (Å²) in [7, 11) is -2.47. The molecule has 0 aromatic heterocycles. The Labute approximate surface area is 148 Å². The van der Waals surface area contributed by atoms with Crippen molar-refractivity contribution in [3.63, 3.8) is 0 Å². The maximum atomic E-state index is 12.9. The molecule has 2 rings (SSSR count). The first-order chi connectivity index (χ1) is 11.8. The molecule has 1 aliphatic rings. The zero-order chi connectivity index (χ0) is 18.6. The highest BCUT2D eigenvalue weighted by Gasteiger charge is 2.28. The Morgan fingerprint density at radius 1 is 1.16 bits per heavy atom. The average Bonchev–Trinajstić information content (AvgIpc) is 2.61. The molecule has 1 saturated heterocycles. The summed E-state index contributed by atoms with van der Waals surface area (Å²) in [4.78, 5) is 23.7. The number of sulfonamides is 1. The van der Waals surface area contributed by atoms with E-state index in [0.29, 0.717) is 18.7 Å². The van der Waals surface area contributed by atoms with Crippen molar-refractivity contribution in [3.8, 4) is 0 Å². The monoisotopic (exact) mass is 369 g/mol. The van der Waals surface area contributed by atoms with Crippen LogP contribution in [0, 0.1) is 6.92 Å². The predicted octanol–water partition coefficient (Wildman–Crippen LogP) is 1.89. The number of benzene rings is 1. The maximum absolute atomic E-state index is 12.9. The molecule has 25 heavy (non-hydrogen) atoms. The molecular weight excluding hydrogens is 346 g/mol. The normalized spacial score (nSPS) is 16.9. The molecule has 1 aromatic rings. The van der Waals surface area contributed by atoms with Crippen molar-refractivity contribution < 1.29 is 27.5 Å². The molecule has 7 nitrogen and oxygen atoms in total. The van der Waals surface area contributed by atoms with Gasteiger partial charge < -0.3 is 9.47 Å². The SMILES string of the molecule is COC(=O)[C@H](C)OC(=O)c1ccc(C)c(S(=O)(=O)N2CCCCC2)c1. The molecule has 0 bridgehead atoms. The van der Waals surface area contributed by atoms with E-state index in [9.17, 15) is 18.0 Å². The van der Waals surface area contributed by atoms with Crippen LogP contribution in [0.4, 0.5) is 0 Å². The molecule has 0 saturated carbocycles. The van der Waals surface area contributed by atoms with Gasteiger partial charge in [-0.25, -0.2) is 18.0 Å². The van der Waals surface area contributed by atoms with E-state index in [-0.39, 0.29) is 10.5 Å². The Bertz CT molecular complexity index is 752. The molecule has 0 radical (unpaired) electrons. The van der Waals surface area contributed by atoms with E-state index in [2.05, 4.69) is 4.74 Å². The number of ether oxygens (including phenoxy) is 2. The summed E-state index contributed by atoms with van der Waals surface area (Å²) >= 11 is 0. The van der Waals surface area contributed by atoms with Gasteiger partial charge in [-0.05, 0) is 44.4 Å². The van der Waals surface area contributed by atoms with Gasteiger partial charge in [-0.3, -0.25) is 0 Å². The van der Waals surface area contributed by atoms with Gasteiger partial charge in [0, 0.05) is 13.1 Å². The number of piperidine rings is 1. The highest BCUT2D eigenvalue weighted by atomic mass is 32.2. The van der Waals surface area contributed by atoms with Crippen LogP contribution in [0.15, 0.2) is 23.1 Å². The first-order valence-electron chi connectivity index (χ1n) is 8.17. The van der Waals surface area contributed by atoms with Gasteiger partial charge in [-0.1, -0.05) is 12.5 Å². The van der Waals surface area contributed by atoms with Crippen molar-refractivity contribution in [2.45, 2.75) is 44.1 Å². The second-order valence-corrected chi connectivity index (χ2v) is 7.92. The van der Waals surface area contributed by atoms with Gasteiger partial charge >= 0.3 is 11.9 Å². The molecule has 8 heteroatoms. The van der Waals surface area contributed by atoms with Crippen LogP contribution < -0.4 is 0 Å². The van der Waals surface area contributed by atoms with Crippen LogP contribution in [0.25, 0.3) is 0 Å². The zero-order valence-electron chi connectivity index (χ0n) is 14.6. The Hall–Kier alpha value is -1.93. The molecule has 0 spiro atoms. The third-order valence-electron chi connectivity index (χ3n) is 4.17. The molecule has 1 aliphatic heterocycles. The number of methoxy groups -OCH3 is 1. The number of hydrogen-bond donors (Lipinski definition) is 0. The number of carbonyl (C=O) groups excluding carboxylic acids is 2. The minimum atomic E-state index is -3.66. The van der Waals surface area contributed by atoms with Crippen LogP contribution in [0.2, 0.25) is 0 Å². The van der Waals surface area contributed by atoms with Crippen LogP contribution >= 0.6 is 0 Å². The molecule has 0 unspecified atom stereocenters. The number of hydrogen-bond acceptors (Lipinski definition) is 6. The molecule has 1 aromatic carbocycles. The minimum Gasteiger partial charge on any atom is -0.466 e. The van der Waals surface area contributed by atoms with Crippen LogP contribution in [0.5, 0.6) is 0 Å². The van der Waals surface area contributed by atoms with Gasteiger partial charge in [0.15, 0.2) is 6.10 Å². The summed E-state index contributed by atoms with van der Waals surface area (Å²) < 4.78 is 36.7. The molecule has 138 valence electrons. The van der Waals surface area contributed by atoms with Crippen molar-refractivity contribution in [3.05, 3.63) is 29.3 Å². The lowest BCUT2D eigenvalue weighted by Crippen LogP contribution is -2.36. The molecule has 1 atom stereocenters. The van der Waals surface area contributed by atoms with Crippen molar-refractivity contribution in [2.75, 3.05) is 20.2 Å². The van der Waals surface area contributed by atoms with Crippen molar-refractivity contribution >= 4 is 22.0 Å². The Kier molecular flexibility index (Phi) is 6.18. The highest BCUT2D eigenvalue weighted by Crippen LogP contribution is 2.24. The van der Waals surface area contributed by atoms with Crippen LogP contribution in [-0.2, 0) is 24.3 Å². The van der Waals surface area contributed by atoms with E-state index in [1.807, 2.05) is 0 Å². The van der Waals surface area contributed by atoms with Gasteiger partial charge in [0.05, 0.1) is 17.6 Å². The van der Waals surface area contributed by atoms with Crippen LogP contribution in [0.1, 0.15) is 42.1 Å². The number of nitrogens with zero attached hydrogens (tertiary/aromatic N) is 1. The van der Waals surface area contributed by atoms with Crippen molar-refractivity contribution in [1.29, 1.82) is 0 Å². The summed E-state index contributed by atoms with van der Waals surface area (Å²) in [6.45, 7) is 4.04. The van der Waals surface area contributed by atoms with Gasteiger partial charge in [0.25, 0.3) is 0 Å². The molecular formula is C17H23NO6S. The first-order valence-corrected chi connectivity index (χ1v) is 9.61. The van der Waals surface area contributed by atoms with E-state index in [4.69, 9.17) is 4.74 Å².